The Morgan fingerprint density at radius 2 is 1.67 bits per heavy atom. The number of nitriles is 1. The third kappa shape index (κ3) is 3.77. The van der Waals surface area contributed by atoms with Gasteiger partial charge in [-0.15, -0.1) is 0 Å². The highest BCUT2D eigenvalue weighted by atomic mass is 15.3. The number of fused-ring (bicyclic) bond motifs is 4. The van der Waals surface area contributed by atoms with Crippen molar-refractivity contribution in [1.29, 1.82) is 5.26 Å². The fourth-order valence-electron chi connectivity index (χ4n) is 7.30. The van der Waals surface area contributed by atoms with Crippen LogP contribution in [0, 0.1) is 16.7 Å². The molecular weight excluding hydrogens is 512 g/mol. The molecule has 3 aliphatic rings. The number of para-hydroxylation sites is 2. The number of rotatable bonds is 4. The summed E-state index contributed by atoms with van der Waals surface area (Å²) in [6.45, 7) is 8.88. The Morgan fingerprint density at radius 1 is 0.952 bits per heavy atom. The second-order valence-electron chi connectivity index (χ2n) is 12.0. The fourth-order valence-corrected chi connectivity index (χ4v) is 7.30. The number of allylic oxidation sites excluding steroid dienone is 6. The highest BCUT2D eigenvalue weighted by Gasteiger charge is 2.48. The van der Waals surface area contributed by atoms with Gasteiger partial charge in [0.2, 0.25) is 0 Å². The van der Waals surface area contributed by atoms with Crippen LogP contribution in [0.3, 0.4) is 0 Å². The van der Waals surface area contributed by atoms with E-state index >= 15 is 0 Å². The molecule has 1 aliphatic heterocycles. The molecule has 206 valence electrons. The normalized spacial score (nSPS) is 25.3. The van der Waals surface area contributed by atoms with Crippen LogP contribution in [0.25, 0.3) is 27.4 Å². The predicted octanol–water partition coefficient (Wildman–Crippen LogP) is 8.89. The van der Waals surface area contributed by atoms with Gasteiger partial charge in [-0.3, -0.25) is 0 Å². The summed E-state index contributed by atoms with van der Waals surface area (Å²) in [6, 6.07) is 27.9. The second-order valence-corrected chi connectivity index (χ2v) is 12.0. The Morgan fingerprint density at radius 3 is 2.36 bits per heavy atom. The van der Waals surface area contributed by atoms with E-state index in [-0.39, 0.29) is 11.5 Å². The van der Waals surface area contributed by atoms with Gasteiger partial charge in [-0.2, -0.15) is 5.26 Å². The molecule has 0 saturated heterocycles. The predicted molar refractivity (Wildman–Crippen MR) is 174 cm³/mol. The molecule has 0 fully saturated rings. The van der Waals surface area contributed by atoms with Gasteiger partial charge in [0.05, 0.1) is 23.2 Å². The summed E-state index contributed by atoms with van der Waals surface area (Å²) in [7, 11) is 0. The van der Waals surface area contributed by atoms with Crippen LogP contribution < -0.4 is 0 Å². The Labute approximate surface area is 247 Å². The van der Waals surface area contributed by atoms with Crippen LogP contribution in [0.4, 0.5) is 0 Å². The Bertz CT molecular complexity index is 1930. The van der Waals surface area contributed by atoms with Gasteiger partial charge < -0.3 is 9.47 Å². The van der Waals surface area contributed by atoms with Gasteiger partial charge in [0.1, 0.15) is 5.82 Å². The van der Waals surface area contributed by atoms with Gasteiger partial charge in [-0.05, 0) is 74.7 Å². The molecule has 0 amide bonds. The molecule has 0 radical (unpaired) electrons. The van der Waals surface area contributed by atoms with Crippen molar-refractivity contribution in [2.75, 3.05) is 0 Å². The van der Waals surface area contributed by atoms with E-state index in [4.69, 9.17) is 4.99 Å². The molecule has 7 rings (SSSR count). The summed E-state index contributed by atoms with van der Waals surface area (Å²) in [5.41, 5.74) is 7.19. The zero-order chi connectivity index (χ0) is 29.1. The molecule has 4 aromatic rings. The van der Waals surface area contributed by atoms with Crippen LogP contribution in [0.2, 0.25) is 0 Å². The first-order valence-corrected chi connectivity index (χ1v) is 14.7. The fraction of sp³-hybridized carbons (Fsp3) is 0.211. The summed E-state index contributed by atoms with van der Waals surface area (Å²) in [4.78, 5) is 7.43. The average molecular weight is 547 g/mol. The highest BCUT2D eigenvalue weighted by Crippen LogP contribution is 2.52. The van der Waals surface area contributed by atoms with Crippen molar-refractivity contribution >= 4 is 33.6 Å². The Balaban J connectivity index is 1.49. The number of hydrogen-bond acceptors (Lipinski definition) is 3. The van der Waals surface area contributed by atoms with E-state index in [1.807, 2.05) is 31.3 Å². The van der Waals surface area contributed by atoms with Crippen LogP contribution in [-0.4, -0.2) is 21.7 Å². The Hall–Kier alpha value is -4.88. The van der Waals surface area contributed by atoms with Crippen molar-refractivity contribution in [2.24, 2.45) is 10.4 Å². The van der Waals surface area contributed by atoms with Crippen LogP contribution in [0.1, 0.15) is 45.2 Å². The van der Waals surface area contributed by atoms with Gasteiger partial charge >= 0.3 is 0 Å². The Kier molecular flexibility index (Phi) is 5.95. The van der Waals surface area contributed by atoms with Crippen LogP contribution in [0.15, 0.2) is 131 Å². The van der Waals surface area contributed by atoms with Crippen molar-refractivity contribution < 1.29 is 0 Å². The minimum Gasteiger partial charge on any atom is -0.331 e. The molecule has 0 bridgehead atoms. The smallest absolute Gasteiger partial charge is 0.132 e. The van der Waals surface area contributed by atoms with Gasteiger partial charge in [-0.25, -0.2) is 4.99 Å². The standard InChI is InChI=1S/C38H34N4/c1-5-40-36-26(2)38(4)20-11-10-19-35(38)41(36)30-22-29(28-14-12-13-27(21-28)25-39)23-37(3,24-30)42-33-17-8-6-15-31(33)32-16-7-9-18-34(32)42/h5-23,35H,24H2,1-4H3. The SMILES string of the molecule is CC=NC1=C(C)C2(C)C=CC=CC2N1C1=CC(c2cccc(C#N)c2)=CC(C)(n2c3ccccc3c3ccccc32)C1. The van der Waals surface area contributed by atoms with E-state index < -0.39 is 5.54 Å². The summed E-state index contributed by atoms with van der Waals surface area (Å²) in [5.74, 6) is 1.02. The van der Waals surface area contributed by atoms with Crippen molar-refractivity contribution in [1.82, 2.24) is 9.47 Å². The average Bonchev–Trinajstić information content (AvgIpc) is 3.47. The molecule has 3 unspecified atom stereocenters. The maximum atomic E-state index is 9.72. The molecule has 4 heteroatoms. The molecule has 0 spiro atoms. The number of benzene rings is 3. The lowest BCUT2D eigenvalue weighted by atomic mass is 9.75. The molecule has 2 heterocycles. The van der Waals surface area contributed by atoms with Gasteiger partial charge in [0.25, 0.3) is 0 Å². The van der Waals surface area contributed by atoms with E-state index in [0.29, 0.717) is 5.56 Å². The van der Waals surface area contributed by atoms with E-state index in [2.05, 4.69) is 127 Å². The molecular formula is C38H34N4. The van der Waals surface area contributed by atoms with E-state index in [9.17, 15) is 5.26 Å². The summed E-state index contributed by atoms with van der Waals surface area (Å²) < 4.78 is 2.52. The lowest BCUT2D eigenvalue weighted by molar-refractivity contribution is 0.267. The zero-order valence-electron chi connectivity index (χ0n) is 24.5. The van der Waals surface area contributed by atoms with Crippen LogP contribution in [-0.2, 0) is 5.54 Å². The second kappa shape index (κ2) is 9.60. The third-order valence-electron chi connectivity index (χ3n) is 9.42. The first kappa shape index (κ1) is 26.0. The monoisotopic (exact) mass is 546 g/mol. The molecule has 4 nitrogen and oxygen atoms in total. The topological polar surface area (TPSA) is 44.3 Å². The number of aliphatic imine (C=N–C) groups is 1. The van der Waals surface area contributed by atoms with E-state index in [1.54, 1.807) is 0 Å². The zero-order valence-corrected chi connectivity index (χ0v) is 24.5. The van der Waals surface area contributed by atoms with Crippen molar-refractivity contribution in [2.45, 2.75) is 45.7 Å². The van der Waals surface area contributed by atoms with E-state index in [1.165, 1.54) is 33.1 Å². The quantitative estimate of drug-likeness (QED) is 0.240. The van der Waals surface area contributed by atoms with Crippen molar-refractivity contribution in [3.63, 3.8) is 0 Å². The summed E-state index contributed by atoms with van der Waals surface area (Å²) in [6.07, 6.45) is 16.4. The number of hydrogen-bond donors (Lipinski definition) is 0. The van der Waals surface area contributed by atoms with Gasteiger partial charge in [-0.1, -0.05) is 78.9 Å². The molecule has 42 heavy (non-hydrogen) atoms. The number of aromatic nitrogens is 1. The summed E-state index contributed by atoms with van der Waals surface area (Å²) in [5, 5.41) is 12.2. The minimum atomic E-state index is -0.396. The molecule has 3 aromatic carbocycles. The van der Waals surface area contributed by atoms with E-state index in [0.717, 1.165) is 23.4 Å². The molecule has 0 saturated carbocycles. The van der Waals surface area contributed by atoms with Crippen LogP contribution in [0.5, 0.6) is 0 Å². The molecule has 3 atom stereocenters. The lowest BCUT2D eigenvalue weighted by Crippen LogP contribution is -2.41. The minimum absolute atomic E-state index is 0.125. The third-order valence-corrected chi connectivity index (χ3v) is 9.42. The molecule has 2 aliphatic carbocycles. The first-order chi connectivity index (χ1) is 20.4. The van der Waals surface area contributed by atoms with Gasteiger partial charge in [0.15, 0.2) is 0 Å². The maximum Gasteiger partial charge on any atom is 0.132 e. The molecule has 1 aromatic heterocycles. The van der Waals surface area contributed by atoms with Crippen LogP contribution >= 0.6 is 0 Å². The van der Waals surface area contributed by atoms with Crippen molar-refractivity contribution in [3.8, 4) is 6.07 Å². The first-order valence-electron chi connectivity index (χ1n) is 14.7. The largest absolute Gasteiger partial charge is 0.331 e. The lowest BCUT2D eigenvalue weighted by Gasteiger charge is -2.42. The van der Waals surface area contributed by atoms with Gasteiger partial charge in [0, 0.05) is 45.6 Å². The maximum absolute atomic E-state index is 9.72. The summed E-state index contributed by atoms with van der Waals surface area (Å²) >= 11 is 0. The highest BCUT2D eigenvalue weighted by molar-refractivity contribution is 6.08. The van der Waals surface area contributed by atoms with Crippen molar-refractivity contribution in [3.05, 3.63) is 137 Å². The molecule has 0 N–H and O–H groups in total. The number of nitrogens with zero attached hydrogens (tertiary/aromatic N) is 4.